The fourth-order valence-corrected chi connectivity index (χ4v) is 2.43. The number of nitrogens with zero attached hydrogens (tertiary/aromatic N) is 2. The SMILES string of the molecule is Oc1c(Cl)cc(NCc2cnc3ccccc3n2)cc1Cl. The summed E-state index contributed by atoms with van der Waals surface area (Å²) in [6, 6.07) is 10.9. The Labute approximate surface area is 131 Å². The Kier molecular flexibility index (Phi) is 3.82. The fraction of sp³-hybridized carbons (Fsp3) is 0.0667. The van der Waals surface area contributed by atoms with Gasteiger partial charge in [0.15, 0.2) is 5.75 Å². The van der Waals surface area contributed by atoms with Crippen LogP contribution in [0, 0.1) is 0 Å². The van der Waals surface area contributed by atoms with E-state index in [2.05, 4.69) is 15.3 Å². The number of aromatic hydroxyl groups is 1. The van der Waals surface area contributed by atoms with Gasteiger partial charge in [0.1, 0.15) is 0 Å². The van der Waals surface area contributed by atoms with Gasteiger partial charge in [-0.25, -0.2) is 4.98 Å². The molecule has 0 aliphatic heterocycles. The smallest absolute Gasteiger partial charge is 0.152 e. The molecule has 1 aromatic heterocycles. The summed E-state index contributed by atoms with van der Waals surface area (Å²) in [7, 11) is 0. The van der Waals surface area contributed by atoms with Crippen LogP contribution < -0.4 is 5.32 Å². The number of aromatic nitrogens is 2. The zero-order valence-corrected chi connectivity index (χ0v) is 12.4. The van der Waals surface area contributed by atoms with Crippen molar-refractivity contribution in [2.45, 2.75) is 6.54 Å². The molecule has 0 radical (unpaired) electrons. The molecule has 4 nitrogen and oxygen atoms in total. The van der Waals surface area contributed by atoms with Crippen LogP contribution in [0.4, 0.5) is 5.69 Å². The molecule has 2 aromatic carbocycles. The van der Waals surface area contributed by atoms with Gasteiger partial charge >= 0.3 is 0 Å². The van der Waals surface area contributed by atoms with E-state index in [-0.39, 0.29) is 15.8 Å². The molecule has 21 heavy (non-hydrogen) atoms. The molecular formula is C15H11Cl2N3O. The van der Waals surface area contributed by atoms with Crippen LogP contribution >= 0.6 is 23.2 Å². The minimum absolute atomic E-state index is 0.116. The van der Waals surface area contributed by atoms with E-state index in [1.807, 2.05) is 24.3 Å². The Morgan fingerprint density at radius 1 is 1.05 bits per heavy atom. The van der Waals surface area contributed by atoms with E-state index < -0.39 is 0 Å². The van der Waals surface area contributed by atoms with Crippen LogP contribution in [-0.2, 0) is 6.54 Å². The number of phenolic OH excluding ortho intramolecular Hbond substituents is 1. The molecule has 6 heteroatoms. The summed E-state index contributed by atoms with van der Waals surface area (Å²) in [5, 5.41) is 13.1. The molecular weight excluding hydrogens is 309 g/mol. The molecule has 2 N–H and O–H groups in total. The first kappa shape index (κ1) is 13.9. The van der Waals surface area contributed by atoms with Crippen LogP contribution in [0.2, 0.25) is 10.0 Å². The molecule has 3 aromatic rings. The maximum atomic E-state index is 9.52. The number of halogens is 2. The lowest BCUT2D eigenvalue weighted by atomic mass is 10.2. The Balaban J connectivity index is 1.80. The molecule has 0 aliphatic rings. The number of fused-ring (bicyclic) bond motifs is 1. The van der Waals surface area contributed by atoms with E-state index in [0.29, 0.717) is 12.2 Å². The minimum Gasteiger partial charge on any atom is -0.505 e. The predicted octanol–water partition coefficient (Wildman–Crippen LogP) is 4.25. The number of nitrogens with one attached hydrogen (secondary N) is 1. The zero-order valence-electron chi connectivity index (χ0n) is 10.8. The van der Waals surface area contributed by atoms with Gasteiger partial charge in [-0.1, -0.05) is 35.3 Å². The fourth-order valence-electron chi connectivity index (χ4n) is 1.94. The van der Waals surface area contributed by atoms with Gasteiger partial charge in [0.2, 0.25) is 0 Å². The molecule has 0 aliphatic carbocycles. The third-order valence-corrected chi connectivity index (χ3v) is 3.57. The number of rotatable bonds is 3. The molecule has 0 saturated carbocycles. The van der Waals surface area contributed by atoms with E-state index in [4.69, 9.17) is 23.2 Å². The first-order valence-corrected chi connectivity index (χ1v) is 7.01. The monoisotopic (exact) mass is 319 g/mol. The highest BCUT2D eigenvalue weighted by atomic mass is 35.5. The van der Waals surface area contributed by atoms with Gasteiger partial charge in [0, 0.05) is 5.69 Å². The van der Waals surface area contributed by atoms with Crippen LogP contribution in [0.3, 0.4) is 0 Å². The van der Waals surface area contributed by atoms with E-state index in [0.717, 1.165) is 16.7 Å². The number of phenols is 1. The Morgan fingerprint density at radius 2 is 1.71 bits per heavy atom. The number of hydrogen-bond acceptors (Lipinski definition) is 4. The molecule has 0 unspecified atom stereocenters. The highest BCUT2D eigenvalue weighted by Gasteiger charge is 2.07. The third-order valence-electron chi connectivity index (χ3n) is 2.99. The Bertz CT molecular complexity index is 785. The average molecular weight is 320 g/mol. The topological polar surface area (TPSA) is 58.0 Å². The van der Waals surface area contributed by atoms with Crippen molar-refractivity contribution >= 4 is 39.9 Å². The van der Waals surface area contributed by atoms with Gasteiger partial charge in [-0.05, 0) is 24.3 Å². The maximum absolute atomic E-state index is 9.52. The van der Waals surface area contributed by atoms with Crippen LogP contribution in [-0.4, -0.2) is 15.1 Å². The second kappa shape index (κ2) is 5.76. The van der Waals surface area contributed by atoms with Crippen LogP contribution in [0.5, 0.6) is 5.75 Å². The van der Waals surface area contributed by atoms with Gasteiger partial charge in [-0.2, -0.15) is 0 Å². The van der Waals surface area contributed by atoms with E-state index in [1.165, 1.54) is 0 Å². The lowest BCUT2D eigenvalue weighted by molar-refractivity contribution is 0.476. The summed E-state index contributed by atoms with van der Waals surface area (Å²) in [6.07, 6.45) is 1.72. The highest BCUT2D eigenvalue weighted by molar-refractivity contribution is 6.37. The summed E-state index contributed by atoms with van der Waals surface area (Å²) >= 11 is 11.8. The van der Waals surface area contributed by atoms with Crippen molar-refractivity contribution in [1.82, 2.24) is 9.97 Å². The molecule has 1 heterocycles. The van der Waals surface area contributed by atoms with Crippen molar-refractivity contribution < 1.29 is 5.11 Å². The maximum Gasteiger partial charge on any atom is 0.152 e. The lowest BCUT2D eigenvalue weighted by Crippen LogP contribution is -2.02. The summed E-state index contributed by atoms with van der Waals surface area (Å²) < 4.78 is 0. The van der Waals surface area contributed by atoms with E-state index in [9.17, 15) is 5.11 Å². The standard InChI is InChI=1S/C15H11Cl2N3O/c16-11-5-9(6-12(17)15(11)21)18-7-10-8-19-13-3-1-2-4-14(13)20-10/h1-6,8,18,21H,7H2. The van der Waals surface area contributed by atoms with Gasteiger partial charge in [0.05, 0.1) is 39.5 Å². The zero-order chi connectivity index (χ0) is 14.8. The number of benzene rings is 2. The first-order valence-electron chi connectivity index (χ1n) is 6.26. The quantitative estimate of drug-likeness (QED) is 0.708. The van der Waals surface area contributed by atoms with Crippen molar-refractivity contribution in [3.05, 3.63) is 58.3 Å². The predicted molar refractivity (Wildman–Crippen MR) is 85.0 cm³/mol. The van der Waals surface area contributed by atoms with Crippen LogP contribution in [0.1, 0.15) is 5.69 Å². The number of para-hydroxylation sites is 2. The molecule has 0 fully saturated rings. The Hall–Kier alpha value is -2.04. The molecule has 0 atom stereocenters. The summed E-state index contributed by atoms with van der Waals surface area (Å²) in [5.74, 6) is -0.116. The molecule has 0 spiro atoms. The van der Waals surface area contributed by atoms with Crippen molar-refractivity contribution in [2.75, 3.05) is 5.32 Å². The largest absolute Gasteiger partial charge is 0.505 e. The highest BCUT2D eigenvalue weighted by Crippen LogP contribution is 2.34. The average Bonchev–Trinajstić information content (AvgIpc) is 2.50. The Morgan fingerprint density at radius 3 is 2.43 bits per heavy atom. The van der Waals surface area contributed by atoms with Crippen molar-refractivity contribution in [1.29, 1.82) is 0 Å². The molecule has 0 saturated heterocycles. The van der Waals surface area contributed by atoms with E-state index in [1.54, 1.807) is 18.3 Å². The first-order chi connectivity index (χ1) is 10.1. The van der Waals surface area contributed by atoms with Gasteiger partial charge in [0.25, 0.3) is 0 Å². The molecule has 0 bridgehead atoms. The second-order valence-corrected chi connectivity index (χ2v) is 5.31. The minimum atomic E-state index is -0.116. The molecule has 106 valence electrons. The van der Waals surface area contributed by atoms with E-state index >= 15 is 0 Å². The van der Waals surface area contributed by atoms with Crippen molar-refractivity contribution in [2.24, 2.45) is 0 Å². The van der Waals surface area contributed by atoms with Crippen LogP contribution in [0.25, 0.3) is 11.0 Å². The van der Waals surface area contributed by atoms with Crippen molar-refractivity contribution in [3.8, 4) is 5.75 Å². The second-order valence-electron chi connectivity index (χ2n) is 4.49. The van der Waals surface area contributed by atoms with Gasteiger partial charge in [-0.15, -0.1) is 0 Å². The number of hydrogen-bond donors (Lipinski definition) is 2. The molecule has 3 rings (SSSR count). The van der Waals surface area contributed by atoms with Gasteiger partial charge < -0.3 is 10.4 Å². The number of anilines is 1. The lowest BCUT2D eigenvalue weighted by Gasteiger charge is -2.09. The summed E-state index contributed by atoms with van der Waals surface area (Å²) in [4.78, 5) is 8.86. The third kappa shape index (κ3) is 3.01. The normalized spacial score (nSPS) is 10.8. The summed E-state index contributed by atoms with van der Waals surface area (Å²) in [6.45, 7) is 0.481. The molecule has 0 amide bonds. The van der Waals surface area contributed by atoms with Crippen LogP contribution in [0.15, 0.2) is 42.6 Å². The van der Waals surface area contributed by atoms with Gasteiger partial charge in [-0.3, -0.25) is 4.98 Å². The van der Waals surface area contributed by atoms with Crippen molar-refractivity contribution in [3.63, 3.8) is 0 Å². The summed E-state index contributed by atoms with van der Waals surface area (Å²) in [5.41, 5.74) is 3.21.